The zero-order chi connectivity index (χ0) is 9.97. The van der Waals surface area contributed by atoms with Gasteiger partial charge < -0.3 is 5.11 Å². The second-order valence-corrected chi connectivity index (χ2v) is 3.57. The minimum atomic E-state index is 0.0475. The van der Waals surface area contributed by atoms with Crippen LogP contribution < -0.4 is 0 Å². The first-order chi connectivity index (χ1) is 6.77. The molecule has 1 saturated carbocycles. The smallest absolute Gasteiger partial charge is 0.162 e. The number of rotatable bonds is 3. The van der Waals surface area contributed by atoms with Gasteiger partial charge in [0, 0.05) is 17.6 Å². The molecule has 14 heavy (non-hydrogen) atoms. The van der Waals surface area contributed by atoms with Crippen LogP contribution in [0, 0.1) is 5.92 Å². The van der Waals surface area contributed by atoms with Gasteiger partial charge in [0.1, 0.15) is 5.76 Å². The minimum Gasteiger partial charge on any atom is -0.507 e. The summed E-state index contributed by atoms with van der Waals surface area (Å²) in [5.41, 5.74) is 0.696. The standard InChI is InChI=1S/C12H12O2/c13-11(8-12(14)10-6-7-10)9-4-2-1-3-5-9/h1-5,8,10,13H,6-7H2. The third kappa shape index (κ3) is 2.02. The van der Waals surface area contributed by atoms with Crippen molar-refractivity contribution in [3.8, 4) is 0 Å². The third-order valence-electron chi connectivity index (χ3n) is 2.33. The van der Waals surface area contributed by atoms with Crippen LogP contribution in [0.25, 0.3) is 5.76 Å². The summed E-state index contributed by atoms with van der Waals surface area (Å²) < 4.78 is 0. The van der Waals surface area contributed by atoms with Gasteiger partial charge in [0.15, 0.2) is 5.78 Å². The average Bonchev–Trinajstić information content (AvgIpc) is 3.02. The molecule has 1 aromatic rings. The molecule has 0 saturated heterocycles. The number of ketones is 1. The zero-order valence-corrected chi connectivity index (χ0v) is 7.81. The number of aliphatic hydroxyl groups excluding tert-OH is 1. The number of allylic oxidation sites excluding steroid dienone is 1. The molecule has 1 fully saturated rings. The third-order valence-corrected chi connectivity index (χ3v) is 2.33. The van der Waals surface area contributed by atoms with Gasteiger partial charge in [-0.3, -0.25) is 4.79 Å². The molecule has 1 aliphatic carbocycles. The van der Waals surface area contributed by atoms with Crippen LogP contribution in [0.3, 0.4) is 0 Å². The molecular weight excluding hydrogens is 176 g/mol. The van der Waals surface area contributed by atoms with E-state index in [0.29, 0.717) is 5.56 Å². The lowest BCUT2D eigenvalue weighted by Crippen LogP contribution is -1.96. The van der Waals surface area contributed by atoms with E-state index in [4.69, 9.17) is 0 Å². The normalized spacial score (nSPS) is 16.7. The van der Waals surface area contributed by atoms with Crippen molar-refractivity contribution in [3.63, 3.8) is 0 Å². The maximum absolute atomic E-state index is 11.4. The molecule has 1 aromatic carbocycles. The molecule has 2 heteroatoms. The summed E-state index contributed by atoms with van der Waals surface area (Å²) in [6.45, 7) is 0. The Morgan fingerprint density at radius 2 is 1.93 bits per heavy atom. The molecule has 1 N–H and O–H groups in total. The lowest BCUT2D eigenvalue weighted by Gasteiger charge is -1.98. The second-order valence-electron chi connectivity index (χ2n) is 3.57. The van der Waals surface area contributed by atoms with Gasteiger partial charge in [-0.25, -0.2) is 0 Å². The highest BCUT2D eigenvalue weighted by atomic mass is 16.3. The molecule has 0 heterocycles. The lowest BCUT2D eigenvalue weighted by molar-refractivity contribution is -0.115. The molecule has 2 rings (SSSR count). The number of hydrogen-bond donors (Lipinski definition) is 1. The fourth-order valence-corrected chi connectivity index (χ4v) is 1.31. The van der Waals surface area contributed by atoms with E-state index in [0.717, 1.165) is 12.8 Å². The molecule has 0 unspecified atom stereocenters. The fourth-order valence-electron chi connectivity index (χ4n) is 1.31. The Labute approximate surface area is 82.9 Å². The summed E-state index contributed by atoms with van der Waals surface area (Å²) in [6.07, 6.45) is 3.28. The SMILES string of the molecule is O=C(C=C(O)c1ccccc1)C1CC1. The van der Waals surface area contributed by atoms with Crippen molar-refractivity contribution < 1.29 is 9.90 Å². The Morgan fingerprint density at radius 3 is 2.50 bits per heavy atom. The molecule has 1 aliphatic rings. The monoisotopic (exact) mass is 188 g/mol. The highest BCUT2D eigenvalue weighted by Gasteiger charge is 2.28. The largest absolute Gasteiger partial charge is 0.507 e. The number of carbonyl (C=O) groups excluding carboxylic acids is 1. The Morgan fingerprint density at radius 1 is 1.29 bits per heavy atom. The Kier molecular flexibility index (Phi) is 2.35. The van der Waals surface area contributed by atoms with Crippen molar-refractivity contribution in [2.45, 2.75) is 12.8 Å². The molecule has 0 amide bonds. The molecule has 2 nitrogen and oxygen atoms in total. The molecule has 0 atom stereocenters. The predicted octanol–water partition coefficient (Wildman–Crippen LogP) is 2.56. The van der Waals surface area contributed by atoms with Gasteiger partial charge in [-0.1, -0.05) is 30.3 Å². The fraction of sp³-hybridized carbons (Fsp3) is 0.250. The van der Waals surface area contributed by atoms with Crippen molar-refractivity contribution in [3.05, 3.63) is 42.0 Å². The molecule has 0 aromatic heterocycles. The van der Waals surface area contributed by atoms with Crippen LogP contribution in [0.15, 0.2) is 36.4 Å². The zero-order valence-electron chi connectivity index (χ0n) is 7.81. The maximum atomic E-state index is 11.4. The second kappa shape index (κ2) is 3.66. The summed E-state index contributed by atoms with van der Waals surface area (Å²) in [6, 6.07) is 9.11. The molecular formula is C12H12O2. The lowest BCUT2D eigenvalue weighted by atomic mass is 10.1. The van der Waals surface area contributed by atoms with Gasteiger partial charge >= 0.3 is 0 Å². The first-order valence-electron chi connectivity index (χ1n) is 4.77. The van der Waals surface area contributed by atoms with Gasteiger partial charge in [0.2, 0.25) is 0 Å². The van der Waals surface area contributed by atoms with Crippen LogP contribution in [0.2, 0.25) is 0 Å². The average molecular weight is 188 g/mol. The highest BCUT2D eigenvalue weighted by Crippen LogP contribution is 2.30. The summed E-state index contributed by atoms with van der Waals surface area (Å²) in [4.78, 5) is 11.4. The van der Waals surface area contributed by atoms with Crippen LogP contribution in [0.5, 0.6) is 0 Å². The van der Waals surface area contributed by atoms with E-state index in [9.17, 15) is 9.90 Å². The Bertz CT molecular complexity index is 361. The number of benzene rings is 1. The van der Waals surface area contributed by atoms with Gasteiger partial charge in [-0.05, 0) is 12.8 Å². The van der Waals surface area contributed by atoms with Crippen molar-refractivity contribution in [1.29, 1.82) is 0 Å². The predicted molar refractivity (Wildman–Crippen MR) is 54.8 cm³/mol. The van der Waals surface area contributed by atoms with E-state index in [1.807, 2.05) is 18.2 Å². The van der Waals surface area contributed by atoms with Gasteiger partial charge in [0.25, 0.3) is 0 Å². The molecule has 0 aliphatic heterocycles. The number of hydrogen-bond acceptors (Lipinski definition) is 2. The van der Waals surface area contributed by atoms with Crippen LogP contribution in [-0.4, -0.2) is 10.9 Å². The van der Waals surface area contributed by atoms with Crippen LogP contribution in [0.4, 0.5) is 0 Å². The summed E-state index contributed by atoms with van der Waals surface area (Å²) in [7, 11) is 0. The molecule has 0 spiro atoms. The maximum Gasteiger partial charge on any atom is 0.162 e. The van der Waals surface area contributed by atoms with Crippen molar-refractivity contribution in [2.75, 3.05) is 0 Å². The van der Waals surface area contributed by atoms with Crippen LogP contribution in [-0.2, 0) is 4.79 Å². The molecule has 0 bridgehead atoms. The van der Waals surface area contributed by atoms with E-state index >= 15 is 0 Å². The number of carbonyl (C=O) groups is 1. The van der Waals surface area contributed by atoms with E-state index in [2.05, 4.69) is 0 Å². The van der Waals surface area contributed by atoms with Crippen molar-refractivity contribution in [2.24, 2.45) is 5.92 Å². The van der Waals surface area contributed by atoms with Crippen LogP contribution >= 0.6 is 0 Å². The molecule has 0 radical (unpaired) electrons. The topological polar surface area (TPSA) is 37.3 Å². The first-order valence-corrected chi connectivity index (χ1v) is 4.77. The first kappa shape index (κ1) is 9.00. The summed E-state index contributed by atoms with van der Waals surface area (Å²) in [5, 5.41) is 9.61. The van der Waals surface area contributed by atoms with Crippen LogP contribution in [0.1, 0.15) is 18.4 Å². The van der Waals surface area contributed by atoms with Crippen molar-refractivity contribution >= 4 is 11.5 Å². The minimum absolute atomic E-state index is 0.0475. The quantitative estimate of drug-likeness (QED) is 0.584. The van der Waals surface area contributed by atoms with E-state index in [1.54, 1.807) is 12.1 Å². The van der Waals surface area contributed by atoms with E-state index in [-0.39, 0.29) is 17.5 Å². The number of aliphatic hydroxyl groups is 1. The van der Waals surface area contributed by atoms with E-state index < -0.39 is 0 Å². The Balaban J connectivity index is 2.14. The molecule has 72 valence electrons. The van der Waals surface area contributed by atoms with E-state index in [1.165, 1.54) is 6.08 Å². The highest BCUT2D eigenvalue weighted by molar-refractivity contribution is 5.98. The summed E-state index contributed by atoms with van der Waals surface area (Å²) in [5.74, 6) is 0.287. The van der Waals surface area contributed by atoms with Gasteiger partial charge in [0.05, 0.1) is 0 Å². The van der Waals surface area contributed by atoms with Crippen molar-refractivity contribution in [1.82, 2.24) is 0 Å². The summed E-state index contributed by atoms with van der Waals surface area (Å²) >= 11 is 0. The van der Waals surface area contributed by atoms with Gasteiger partial charge in [-0.2, -0.15) is 0 Å². The Hall–Kier alpha value is -1.57. The van der Waals surface area contributed by atoms with Gasteiger partial charge in [-0.15, -0.1) is 0 Å².